The minimum atomic E-state index is 0.210. The lowest BCUT2D eigenvalue weighted by atomic mass is 9.94. The van der Waals surface area contributed by atoms with Crippen molar-refractivity contribution in [2.75, 3.05) is 7.05 Å². The molecule has 1 aromatic carbocycles. The van der Waals surface area contributed by atoms with E-state index in [2.05, 4.69) is 34.1 Å². The Morgan fingerprint density at radius 3 is 2.81 bits per heavy atom. The van der Waals surface area contributed by atoms with Gasteiger partial charge in [-0.3, -0.25) is 4.79 Å². The minimum Gasteiger partial charge on any atom is -0.341 e. The quantitative estimate of drug-likeness (QED) is 0.816. The first-order valence-electron chi connectivity index (χ1n) is 7.65. The van der Waals surface area contributed by atoms with Gasteiger partial charge in [0.1, 0.15) is 6.54 Å². The van der Waals surface area contributed by atoms with Crippen LogP contribution in [0.3, 0.4) is 0 Å². The van der Waals surface area contributed by atoms with E-state index >= 15 is 0 Å². The number of halogens is 1. The Hall–Kier alpha value is -1.29. The van der Waals surface area contributed by atoms with Crippen LogP contribution < -0.4 is 0 Å². The standard InChI is InChI=1S/C17H21BrN2O/c1-19(15-5-3-2-4-6-15)17(21)12-20-10-9-13-11-14(18)7-8-16(13)20/h7-11,15H,2-6,12H2,1H3. The van der Waals surface area contributed by atoms with Crippen molar-refractivity contribution in [2.45, 2.75) is 44.7 Å². The number of nitrogens with zero attached hydrogens (tertiary/aromatic N) is 2. The van der Waals surface area contributed by atoms with Crippen LogP contribution in [-0.4, -0.2) is 28.5 Å². The maximum absolute atomic E-state index is 12.5. The first kappa shape index (κ1) is 14.6. The second kappa shape index (κ2) is 6.22. The van der Waals surface area contributed by atoms with Gasteiger partial charge in [0, 0.05) is 34.7 Å². The molecule has 2 aromatic rings. The van der Waals surface area contributed by atoms with E-state index < -0.39 is 0 Å². The number of hydrogen-bond acceptors (Lipinski definition) is 1. The highest BCUT2D eigenvalue weighted by Crippen LogP contribution is 2.23. The summed E-state index contributed by atoms with van der Waals surface area (Å²) in [6.45, 7) is 0.429. The van der Waals surface area contributed by atoms with Crippen molar-refractivity contribution in [1.82, 2.24) is 9.47 Å². The molecule has 0 bridgehead atoms. The third-order valence-corrected chi connectivity index (χ3v) is 5.05. The predicted molar refractivity (Wildman–Crippen MR) is 89.3 cm³/mol. The zero-order chi connectivity index (χ0) is 14.8. The molecule has 0 atom stereocenters. The number of benzene rings is 1. The first-order valence-corrected chi connectivity index (χ1v) is 8.44. The second-order valence-corrected chi connectivity index (χ2v) is 6.86. The Kier molecular flexibility index (Phi) is 4.34. The Balaban J connectivity index is 1.73. The Morgan fingerprint density at radius 1 is 1.29 bits per heavy atom. The van der Waals surface area contributed by atoms with E-state index in [1.807, 2.05) is 28.8 Å². The number of hydrogen-bond donors (Lipinski definition) is 0. The van der Waals surface area contributed by atoms with Gasteiger partial charge in [0.05, 0.1) is 0 Å². The van der Waals surface area contributed by atoms with Crippen molar-refractivity contribution >= 4 is 32.7 Å². The van der Waals surface area contributed by atoms with Crippen LogP contribution in [0.5, 0.6) is 0 Å². The normalized spacial score (nSPS) is 16.3. The van der Waals surface area contributed by atoms with E-state index in [-0.39, 0.29) is 5.91 Å². The third kappa shape index (κ3) is 3.15. The average molecular weight is 349 g/mol. The van der Waals surface area contributed by atoms with E-state index in [1.54, 1.807) is 0 Å². The van der Waals surface area contributed by atoms with Gasteiger partial charge in [-0.1, -0.05) is 35.2 Å². The lowest BCUT2D eigenvalue weighted by molar-refractivity contribution is -0.133. The van der Waals surface area contributed by atoms with Crippen LogP contribution in [-0.2, 0) is 11.3 Å². The van der Waals surface area contributed by atoms with Gasteiger partial charge in [-0.25, -0.2) is 0 Å². The van der Waals surface area contributed by atoms with Gasteiger partial charge < -0.3 is 9.47 Å². The van der Waals surface area contributed by atoms with Gasteiger partial charge in [0.25, 0.3) is 0 Å². The summed E-state index contributed by atoms with van der Waals surface area (Å²) in [6.07, 6.45) is 8.13. The Morgan fingerprint density at radius 2 is 2.05 bits per heavy atom. The molecule has 1 fully saturated rings. The van der Waals surface area contributed by atoms with Gasteiger partial charge in [0.2, 0.25) is 5.91 Å². The molecular weight excluding hydrogens is 328 g/mol. The summed E-state index contributed by atoms with van der Waals surface area (Å²) in [5.41, 5.74) is 1.11. The summed E-state index contributed by atoms with van der Waals surface area (Å²) in [4.78, 5) is 14.5. The highest BCUT2D eigenvalue weighted by Gasteiger charge is 2.22. The van der Waals surface area contributed by atoms with Crippen molar-refractivity contribution in [3.8, 4) is 0 Å². The highest BCUT2D eigenvalue weighted by molar-refractivity contribution is 9.10. The molecule has 3 rings (SSSR count). The molecule has 1 saturated carbocycles. The van der Waals surface area contributed by atoms with Gasteiger partial charge in [-0.2, -0.15) is 0 Å². The number of rotatable bonds is 3. The molecule has 1 amide bonds. The molecule has 1 aliphatic carbocycles. The lowest BCUT2D eigenvalue weighted by Gasteiger charge is -2.31. The van der Waals surface area contributed by atoms with E-state index in [1.165, 1.54) is 19.3 Å². The summed E-state index contributed by atoms with van der Waals surface area (Å²) < 4.78 is 3.11. The van der Waals surface area contributed by atoms with Crippen LogP contribution in [0.2, 0.25) is 0 Å². The molecule has 0 radical (unpaired) electrons. The zero-order valence-electron chi connectivity index (χ0n) is 12.4. The van der Waals surface area contributed by atoms with Gasteiger partial charge in [-0.05, 0) is 37.1 Å². The Bertz CT molecular complexity index is 643. The third-order valence-electron chi connectivity index (χ3n) is 4.55. The molecule has 1 aliphatic rings. The van der Waals surface area contributed by atoms with Crippen LogP contribution in [0.15, 0.2) is 34.9 Å². The van der Waals surface area contributed by atoms with Crippen LogP contribution in [0.4, 0.5) is 0 Å². The fraction of sp³-hybridized carbons (Fsp3) is 0.471. The number of aromatic nitrogens is 1. The van der Waals surface area contributed by atoms with E-state index in [4.69, 9.17) is 0 Å². The molecule has 0 N–H and O–H groups in total. The molecule has 0 spiro atoms. The number of likely N-dealkylation sites (N-methyl/N-ethyl adjacent to an activating group) is 1. The van der Waals surface area contributed by atoms with Gasteiger partial charge >= 0.3 is 0 Å². The molecule has 21 heavy (non-hydrogen) atoms. The number of carbonyl (C=O) groups excluding carboxylic acids is 1. The maximum atomic E-state index is 12.5. The van der Waals surface area contributed by atoms with Crippen molar-refractivity contribution < 1.29 is 4.79 Å². The monoisotopic (exact) mass is 348 g/mol. The average Bonchev–Trinajstić information content (AvgIpc) is 2.89. The van der Waals surface area contributed by atoms with E-state index in [0.717, 1.165) is 28.2 Å². The molecule has 4 heteroatoms. The van der Waals surface area contributed by atoms with Crippen LogP contribution in [0, 0.1) is 0 Å². The summed E-state index contributed by atoms with van der Waals surface area (Å²) in [7, 11) is 1.96. The summed E-state index contributed by atoms with van der Waals surface area (Å²) >= 11 is 3.48. The summed E-state index contributed by atoms with van der Waals surface area (Å²) in [5, 5.41) is 1.16. The molecule has 0 unspecified atom stereocenters. The van der Waals surface area contributed by atoms with Crippen LogP contribution in [0.25, 0.3) is 10.9 Å². The fourth-order valence-corrected chi connectivity index (χ4v) is 3.62. The lowest BCUT2D eigenvalue weighted by Crippen LogP contribution is -2.40. The van der Waals surface area contributed by atoms with Crippen molar-refractivity contribution in [1.29, 1.82) is 0 Å². The fourth-order valence-electron chi connectivity index (χ4n) is 3.24. The molecule has 3 nitrogen and oxygen atoms in total. The van der Waals surface area contributed by atoms with Crippen LogP contribution >= 0.6 is 15.9 Å². The van der Waals surface area contributed by atoms with Crippen molar-refractivity contribution in [3.05, 3.63) is 34.9 Å². The number of fused-ring (bicyclic) bond motifs is 1. The summed E-state index contributed by atoms with van der Waals surface area (Å²) in [5.74, 6) is 0.210. The SMILES string of the molecule is CN(C(=O)Cn1ccc2cc(Br)ccc21)C1CCCCC1. The zero-order valence-corrected chi connectivity index (χ0v) is 14.0. The topological polar surface area (TPSA) is 25.2 Å². The van der Waals surface area contributed by atoms with E-state index in [0.29, 0.717) is 12.6 Å². The maximum Gasteiger partial charge on any atom is 0.242 e. The molecular formula is C17H21BrN2O. The van der Waals surface area contributed by atoms with Gasteiger partial charge in [-0.15, -0.1) is 0 Å². The van der Waals surface area contributed by atoms with Gasteiger partial charge in [0.15, 0.2) is 0 Å². The largest absolute Gasteiger partial charge is 0.341 e. The molecule has 0 aliphatic heterocycles. The molecule has 112 valence electrons. The minimum absolute atomic E-state index is 0.210. The first-order chi connectivity index (χ1) is 10.1. The van der Waals surface area contributed by atoms with Crippen molar-refractivity contribution in [2.24, 2.45) is 0 Å². The number of carbonyl (C=O) groups is 1. The summed E-state index contributed by atoms with van der Waals surface area (Å²) in [6, 6.07) is 8.67. The van der Waals surface area contributed by atoms with Crippen molar-refractivity contribution in [3.63, 3.8) is 0 Å². The molecule has 0 saturated heterocycles. The molecule has 1 heterocycles. The Labute approximate surface area is 134 Å². The highest BCUT2D eigenvalue weighted by atomic mass is 79.9. The smallest absolute Gasteiger partial charge is 0.242 e. The molecule has 1 aromatic heterocycles. The van der Waals surface area contributed by atoms with Crippen LogP contribution in [0.1, 0.15) is 32.1 Å². The van der Waals surface area contributed by atoms with E-state index in [9.17, 15) is 4.79 Å². The second-order valence-electron chi connectivity index (χ2n) is 5.94. The predicted octanol–water partition coefficient (Wildman–Crippen LogP) is 4.19. The number of amides is 1.